The standard InChI is InChI=1S/C12H16N2O2/c1-12(7-13-11(15)14-8-12)9-5-3-4-6-10(9)16-2/h3-6H,7-8H2,1-2H3,(H2,13,14,15). The lowest BCUT2D eigenvalue weighted by Crippen LogP contribution is -2.55. The van der Waals surface area contributed by atoms with Crippen molar-refractivity contribution in [2.24, 2.45) is 0 Å². The Labute approximate surface area is 95.0 Å². The summed E-state index contributed by atoms with van der Waals surface area (Å²) in [7, 11) is 1.66. The van der Waals surface area contributed by atoms with Crippen molar-refractivity contribution >= 4 is 6.03 Å². The van der Waals surface area contributed by atoms with Gasteiger partial charge in [-0.1, -0.05) is 25.1 Å². The molecular weight excluding hydrogens is 204 g/mol. The summed E-state index contributed by atoms with van der Waals surface area (Å²) in [4.78, 5) is 11.1. The zero-order valence-electron chi connectivity index (χ0n) is 9.54. The molecule has 1 aliphatic rings. The number of benzene rings is 1. The number of hydrogen-bond donors (Lipinski definition) is 2. The number of rotatable bonds is 2. The summed E-state index contributed by atoms with van der Waals surface area (Å²) in [6, 6.07) is 7.81. The molecule has 1 saturated heterocycles. The van der Waals surface area contributed by atoms with Crippen LogP contribution in [0.3, 0.4) is 0 Å². The monoisotopic (exact) mass is 220 g/mol. The lowest BCUT2D eigenvalue weighted by Gasteiger charge is -2.35. The Morgan fingerprint density at radius 3 is 2.50 bits per heavy atom. The number of carbonyl (C=O) groups is 1. The molecule has 4 heteroatoms. The molecule has 0 unspecified atom stereocenters. The molecule has 0 spiro atoms. The van der Waals surface area contributed by atoms with Crippen LogP contribution >= 0.6 is 0 Å². The van der Waals surface area contributed by atoms with Gasteiger partial charge < -0.3 is 15.4 Å². The number of methoxy groups -OCH3 is 1. The first kappa shape index (κ1) is 10.8. The van der Waals surface area contributed by atoms with E-state index in [0.29, 0.717) is 13.1 Å². The summed E-state index contributed by atoms with van der Waals surface area (Å²) >= 11 is 0. The Bertz CT molecular complexity index is 394. The van der Waals surface area contributed by atoms with Crippen molar-refractivity contribution < 1.29 is 9.53 Å². The fourth-order valence-electron chi connectivity index (χ4n) is 2.01. The lowest BCUT2D eigenvalue weighted by atomic mass is 9.80. The molecule has 2 N–H and O–H groups in total. The van der Waals surface area contributed by atoms with Crippen LogP contribution in [0.2, 0.25) is 0 Å². The highest BCUT2D eigenvalue weighted by Crippen LogP contribution is 2.31. The summed E-state index contributed by atoms with van der Waals surface area (Å²) in [6.45, 7) is 3.36. The van der Waals surface area contributed by atoms with E-state index in [4.69, 9.17) is 4.74 Å². The molecule has 0 radical (unpaired) electrons. The van der Waals surface area contributed by atoms with Gasteiger partial charge in [-0.15, -0.1) is 0 Å². The molecule has 1 aromatic rings. The van der Waals surface area contributed by atoms with E-state index in [0.717, 1.165) is 11.3 Å². The minimum absolute atomic E-state index is 0.104. The summed E-state index contributed by atoms with van der Waals surface area (Å²) < 4.78 is 5.35. The Morgan fingerprint density at radius 1 is 1.25 bits per heavy atom. The maximum absolute atomic E-state index is 11.1. The highest BCUT2D eigenvalue weighted by Gasteiger charge is 2.33. The van der Waals surface area contributed by atoms with E-state index in [9.17, 15) is 4.79 Å². The maximum Gasteiger partial charge on any atom is 0.314 e. The topological polar surface area (TPSA) is 50.4 Å². The van der Waals surface area contributed by atoms with E-state index in [1.807, 2.05) is 24.3 Å². The van der Waals surface area contributed by atoms with Crippen LogP contribution in [-0.2, 0) is 5.41 Å². The number of amides is 2. The number of nitrogens with one attached hydrogen (secondary N) is 2. The van der Waals surface area contributed by atoms with Crippen molar-refractivity contribution in [2.45, 2.75) is 12.3 Å². The van der Waals surface area contributed by atoms with Crippen LogP contribution in [0.5, 0.6) is 5.75 Å². The van der Waals surface area contributed by atoms with Gasteiger partial charge in [0.2, 0.25) is 0 Å². The van der Waals surface area contributed by atoms with Crippen LogP contribution in [0.15, 0.2) is 24.3 Å². The van der Waals surface area contributed by atoms with E-state index in [2.05, 4.69) is 17.6 Å². The van der Waals surface area contributed by atoms with Gasteiger partial charge in [0.25, 0.3) is 0 Å². The quantitative estimate of drug-likeness (QED) is 0.788. The van der Waals surface area contributed by atoms with Gasteiger partial charge in [0.15, 0.2) is 0 Å². The smallest absolute Gasteiger partial charge is 0.314 e. The largest absolute Gasteiger partial charge is 0.496 e. The van der Waals surface area contributed by atoms with Crippen LogP contribution in [0.4, 0.5) is 4.79 Å². The molecule has 1 aromatic carbocycles. The average Bonchev–Trinajstić information content (AvgIpc) is 2.33. The third-order valence-corrected chi connectivity index (χ3v) is 3.04. The average molecular weight is 220 g/mol. The molecule has 1 aliphatic heterocycles. The molecule has 2 amide bonds. The molecule has 0 aromatic heterocycles. The Balaban J connectivity index is 2.32. The molecule has 0 aliphatic carbocycles. The van der Waals surface area contributed by atoms with Crippen LogP contribution in [-0.4, -0.2) is 26.2 Å². The normalized spacial score (nSPS) is 18.5. The number of ether oxygens (including phenoxy) is 1. The van der Waals surface area contributed by atoms with E-state index in [1.54, 1.807) is 7.11 Å². The minimum Gasteiger partial charge on any atom is -0.496 e. The van der Waals surface area contributed by atoms with Crippen LogP contribution in [0.25, 0.3) is 0 Å². The molecule has 0 bridgehead atoms. The zero-order valence-corrected chi connectivity index (χ0v) is 9.54. The van der Waals surface area contributed by atoms with E-state index in [1.165, 1.54) is 0 Å². The van der Waals surface area contributed by atoms with Gasteiger partial charge in [0, 0.05) is 24.1 Å². The number of urea groups is 1. The predicted molar refractivity (Wildman–Crippen MR) is 61.7 cm³/mol. The first-order chi connectivity index (χ1) is 7.65. The van der Waals surface area contributed by atoms with Gasteiger partial charge in [-0.25, -0.2) is 4.79 Å². The van der Waals surface area contributed by atoms with E-state index >= 15 is 0 Å². The van der Waals surface area contributed by atoms with Gasteiger partial charge in [-0.2, -0.15) is 0 Å². The Morgan fingerprint density at radius 2 is 1.88 bits per heavy atom. The molecule has 0 saturated carbocycles. The van der Waals surface area contributed by atoms with Crippen LogP contribution < -0.4 is 15.4 Å². The van der Waals surface area contributed by atoms with Crippen molar-refractivity contribution in [2.75, 3.05) is 20.2 Å². The fraction of sp³-hybridized carbons (Fsp3) is 0.417. The van der Waals surface area contributed by atoms with Crippen molar-refractivity contribution in [3.63, 3.8) is 0 Å². The summed E-state index contributed by atoms with van der Waals surface area (Å²) in [5, 5.41) is 5.63. The molecule has 0 atom stereocenters. The summed E-state index contributed by atoms with van der Waals surface area (Å²) in [5.41, 5.74) is 0.991. The molecule has 16 heavy (non-hydrogen) atoms. The number of carbonyl (C=O) groups excluding carboxylic acids is 1. The molecule has 1 heterocycles. The third-order valence-electron chi connectivity index (χ3n) is 3.04. The van der Waals surface area contributed by atoms with Crippen LogP contribution in [0, 0.1) is 0 Å². The van der Waals surface area contributed by atoms with Crippen molar-refractivity contribution in [1.82, 2.24) is 10.6 Å². The predicted octanol–water partition coefficient (Wildman–Crippen LogP) is 1.27. The molecule has 2 rings (SSSR count). The van der Waals surface area contributed by atoms with Gasteiger partial charge in [-0.3, -0.25) is 0 Å². The summed E-state index contributed by atoms with van der Waals surface area (Å²) in [5.74, 6) is 0.864. The SMILES string of the molecule is COc1ccccc1C1(C)CNC(=O)NC1. The molecular formula is C12H16N2O2. The Hall–Kier alpha value is -1.71. The van der Waals surface area contributed by atoms with E-state index in [-0.39, 0.29) is 11.4 Å². The summed E-state index contributed by atoms with van der Waals surface area (Å²) in [6.07, 6.45) is 0. The van der Waals surface area contributed by atoms with Gasteiger partial charge in [0.05, 0.1) is 7.11 Å². The molecule has 86 valence electrons. The van der Waals surface area contributed by atoms with Crippen LogP contribution in [0.1, 0.15) is 12.5 Å². The van der Waals surface area contributed by atoms with Gasteiger partial charge in [0.1, 0.15) is 5.75 Å². The third kappa shape index (κ3) is 1.83. The minimum atomic E-state index is -0.124. The van der Waals surface area contributed by atoms with Crippen molar-refractivity contribution in [3.05, 3.63) is 29.8 Å². The molecule has 1 fully saturated rings. The second-order valence-electron chi connectivity index (χ2n) is 4.30. The van der Waals surface area contributed by atoms with Gasteiger partial charge >= 0.3 is 6.03 Å². The number of para-hydroxylation sites is 1. The fourth-order valence-corrected chi connectivity index (χ4v) is 2.01. The second kappa shape index (κ2) is 4.04. The first-order valence-electron chi connectivity index (χ1n) is 5.31. The number of hydrogen-bond acceptors (Lipinski definition) is 2. The van der Waals surface area contributed by atoms with Gasteiger partial charge in [-0.05, 0) is 6.07 Å². The lowest BCUT2D eigenvalue weighted by molar-refractivity contribution is 0.224. The zero-order chi connectivity index (χ0) is 11.6. The first-order valence-corrected chi connectivity index (χ1v) is 5.31. The highest BCUT2D eigenvalue weighted by atomic mass is 16.5. The maximum atomic E-state index is 11.1. The van der Waals surface area contributed by atoms with E-state index < -0.39 is 0 Å². The Kier molecular flexibility index (Phi) is 2.73. The van der Waals surface area contributed by atoms with Crippen molar-refractivity contribution in [1.29, 1.82) is 0 Å². The molecule has 4 nitrogen and oxygen atoms in total. The highest BCUT2D eigenvalue weighted by molar-refractivity contribution is 5.75. The second-order valence-corrected chi connectivity index (χ2v) is 4.30. The van der Waals surface area contributed by atoms with Crippen molar-refractivity contribution in [3.8, 4) is 5.75 Å².